The summed E-state index contributed by atoms with van der Waals surface area (Å²) in [5.41, 5.74) is 9.17. The van der Waals surface area contributed by atoms with Gasteiger partial charge in [0, 0.05) is 11.0 Å². The first kappa shape index (κ1) is 12.6. The predicted octanol–water partition coefficient (Wildman–Crippen LogP) is 3.74. The highest BCUT2D eigenvalue weighted by Crippen LogP contribution is 2.24. The molecule has 0 atom stereocenters. The molecular weight excluding hydrogens is 292 g/mol. The van der Waals surface area contributed by atoms with E-state index in [0.29, 0.717) is 5.69 Å². The van der Waals surface area contributed by atoms with Crippen molar-refractivity contribution in [3.63, 3.8) is 0 Å². The summed E-state index contributed by atoms with van der Waals surface area (Å²) >= 11 is 3.44. The first-order valence-corrected chi connectivity index (χ1v) is 6.63. The van der Waals surface area contributed by atoms with Crippen LogP contribution in [0.1, 0.15) is 5.56 Å². The molecule has 0 saturated carbocycles. The molecule has 0 bridgehead atoms. The topological polar surface area (TPSA) is 55.1 Å². The first-order valence-electron chi connectivity index (χ1n) is 5.51. The summed E-state index contributed by atoms with van der Waals surface area (Å²) in [5, 5.41) is 3.39. The molecule has 3 nitrogen and oxygen atoms in total. The molecule has 92 valence electrons. The second kappa shape index (κ2) is 5.69. The Balaban J connectivity index is 2.34. The number of carbonyl (C=O) groups is 1. The van der Waals surface area contributed by atoms with Gasteiger partial charge in [-0.3, -0.25) is 0 Å². The number of rotatable bonds is 3. The van der Waals surface area contributed by atoms with Gasteiger partial charge in [0.2, 0.25) is 0 Å². The summed E-state index contributed by atoms with van der Waals surface area (Å²) in [6, 6.07) is 15.3. The Morgan fingerprint density at radius 3 is 2.44 bits per heavy atom. The first-order chi connectivity index (χ1) is 8.69. The Bertz CT molecular complexity index is 569. The quantitative estimate of drug-likeness (QED) is 0.834. The number of nitrogens with one attached hydrogen (secondary N) is 1. The SMILES string of the molecule is NC(=O)Nc1cccc(-c2cccc(CBr)c2)c1. The molecule has 3 N–H and O–H groups in total. The molecule has 2 amide bonds. The minimum absolute atomic E-state index is 0.554. The van der Waals surface area contributed by atoms with Crippen molar-refractivity contribution >= 4 is 27.6 Å². The van der Waals surface area contributed by atoms with Crippen LogP contribution in [0.25, 0.3) is 11.1 Å². The molecule has 2 aromatic rings. The summed E-state index contributed by atoms with van der Waals surface area (Å²) in [6.07, 6.45) is 0. The average Bonchev–Trinajstić information content (AvgIpc) is 2.38. The Morgan fingerprint density at radius 1 is 1.11 bits per heavy atom. The summed E-state index contributed by atoms with van der Waals surface area (Å²) in [5.74, 6) is 0. The van der Waals surface area contributed by atoms with Crippen LogP contribution in [-0.4, -0.2) is 6.03 Å². The summed E-state index contributed by atoms with van der Waals surface area (Å²) < 4.78 is 0. The van der Waals surface area contributed by atoms with Crippen molar-refractivity contribution in [3.05, 3.63) is 54.1 Å². The second-order valence-electron chi connectivity index (χ2n) is 3.90. The summed E-state index contributed by atoms with van der Waals surface area (Å²) in [4.78, 5) is 10.8. The van der Waals surface area contributed by atoms with E-state index in [9.17, 15) is 4.79 Å². The van der Waals surface area contributed by atoms with Crippen molar-refractivity contribution < 1.29 is 4.79 Å². The minimum Gasteiger partial charge on any atom is -0.351 e. The molecule has 0 saturated heterocycles. The lowest BCUT2D eigenvalue weighted by Gasteiger charge is -2.07. The average molecular weight is 305 g/mol. The molecule has 0 fully saturated rings. The highest BCUT2D eigenvalue weighted by molar-refractivity contribution is 9.08. The molecule has 0 aromatic heterocycles. The van der Waals surface area contributed by atoms with Crippen LogP contribution in [0, 0.1) is 0 Å². The van der Waals surface area contributed by atoms with Crippen molar-refractivity contribution in [3.8, 4) is 11.1 Å². The summed E-state index contributed by atoms with van der Waals surface area (Å²) in [7, 11) is 0. The molecule has 0 aliphatic heterocycles. The fraction of sp³-hybridized carbons (Fsp3) is 0.0714. The van der Waals surface area contributed by atoms with E-state index in [-0.39, 0.29) is 0 Å². The number of hydrogen-bond donors (Lipinski definition) is 2. The highest BCUT2D eigenvalue weighted by atomic mass is 79.9. The van der Waals surface area contributed by atoms with E-state index < -0.39 is 6.03 Å². The monoisotopic (exact) mass is 304 g/mol. The lowest BCUT2D eigenvalue weighted by atomic mass is 10.0. The van der Waals surface area contributed by atoms with Gasteiger partial charge in [0.25, 0.3) is 0 Å². The van der Waals surface area contributed by atoms with E-state index in [1.807, 2.05) is 36.4 Å². The Labute approximate surface area is 114 Å². The number of halogens is 1. The normalized spacial score (nSPS) is 10.1. The third kappa shape index (κ3) is 3.11. The molecule has 0 unspecified atom stereocenters. The van der Waals surface area contributed by atoms with Gasteiger partial charge < -0.3 is 11.1 Å². The zero-order valence-corrected chi connectivity index (χ0v) is 11.3. The number of carbonyl (C=O) groups excluding carboxylic acids is 1. The molecule has 0 heterocycles. The maximum atomic E-state index is 10.8. The fourth-order valence-corrected chi connectivity index (χ4v) is 2.10. The maximum Gasteiger partial charge on any atom is 0.316 e. The zero-order valence-electron chi connectivity index (χ0n) is 9.69. The number of amides is 2. The fourth-order valence-electron chi connectivity index (χ4n) is 1.75. The van der Waals surface area contributed by atoms with Crippen molar-refractivity contribution in [1.29, 1.82) is 0 Å². The standard InChI is InChI=1S/C14H13BrN2O/c15-9-10-3-1-4-11(7-10)12-5-2-6-13(8-12)17-14(16)18/h1-8H,9H2,(H3,16,17,18). The van der Waals surface area contributed by atoms with Crippen LogP contribution >= 0.6 is 15.9 Å². The van der Waals surface area contributed by atoms with Crippen LogP contribution in [0.2, 0.25) is 0 Å². The van der Waals surface area contributed by atoms with E-state index in [2.05, 4.69) is 33.4 Å². The minimum atomic E-state index is -0.554. The lowest BCUT2D eigenvalue weighted by molar-refractivity contribution is 0.259. The van der Waals surface area contributed by atoms with Gasteiger partial charge in [-0.25, -0.2) is 4.79 Å². The van der Waals surface area contributed by atoms with Crippen LogP contribution in [0.4, 0.5) is 10.5 Å². The van der Waals surface area contributed by atoms with Gasteiger partial charge in [0.05, 0.1) is 0 Å². The van der Waals surface area contributed by atoms with Gasteiger partial charge in [-0.05, 0) is 28.8 Å². The van der Waals surface area contributed by atoms with Crippen LogP contribution in [0.15, 0.2) is 48.5 Å². The number of urea groups is 1. The van der Waals surface area contributed by atoms with Crippen LogP contribution in [0.5, 0.6) is 0 Å². The number of anilines is 1. The Kier molecular flexibility index (Phi) is 3.99. The molecule has 0 radical (unpaired) electrons. The van der Waals surface area contributed by atoms with Crippen LogP contribution < -0.4 is 11.1 Å². The number of hydrogen-bond acceptors (Lipinski definition) is 1. The maximum absolute atomic E-state index is 10.8. The molecule has 4 heteroatoms. The van der Waals surface area contributed by atoms with Gasteiger partial charge in [0.15, 0.2) is 0 Å². The highest BCUT2D eigenvalue weighted by Gasteiger charge is 2.01. The van der Waals surface area contributed by atoms with Gasteiger partial charge >= 0.3 is 6.03 Å². The third-order valence-electron chi connectivity index (χ3n) is 2.54. The summed E-state index contributed by atoms with van der Waals surface area (Å²) in [6.45, 7) is 0. The Hall–Kier alpha value is -1.81. The number of benzene rings is 2. The van der Waals surface area contributed by atoms with Crippen molar-refractivity contribution in [2.75, 3.05) is 5.32 Å². The van der Waals surface area contributed by atoms with E-state index in [0.717, 1.165) is 16.5 Å². The molecule has 0 spiro atoms. The molecule has 0 aliphatic rings. The second-order valence-corrected chi connectivity index (χ2v) is 4.46. The number of alkyl halides is 1. The molecule has 2 aromatic carbocycles. The number of primary amides is 1. The Morgan fingerprint density at radius 2 is 1.78 bits per heavy atom. The van der Waals surface area contributed by atoms with Gasteiger partial charge in [-0.15, -0.1) is 0 Å². The van der Waals surface area contributed by atoms with E-state index in [4.69, 9.17) is 5.73 Å². The van der Waals surface area contributed by atoms with Gasteiger partial charge in [0.1, 0.15) is 0 Å². The van der Waals surface area contributed by atoms with Crippen LogP contribution in [-0.2, 0) is 5.33 Å². The zero-order chi connectivity index (χ0) is 13.0. The smallest absolute Gasteiger partial charge is 0.316 e. The van der Waals surface area contributed by atoms with E-state index in [1.54, 1.807) is 0 Å². The number of nitrogens with two attached hydrogens (primary N) is 1. The molecule has 2 rings (SSSR count). The third-order valence-corrected chi connectivity index (χ3v) is 3.19. The molecule has 0 aliphatic carbocycles. The lowest BCUT2D eigenvalue weighted by Crippen LogP contribution is -2.19. The van der Waals surface area contributed by atoms with Gasteiger partial charge in [-0.2, -0.15) is 0 Å². The van der Waals surface area contributed by atoms with Crippen LogP contribution in [0.3, 0.4) is 0 Å². The largest absolute Gasteiger partial charge is 0.351 e. The van der Waals surface area contributed by atoms with Crippen molar-refractivity contribution in [1.82, 2.24) is 0 Å². The van der Waals surface area contributed by atoms with E-state index >= 15 is 0 Å². The molecular formula is C14H13BrN2O. The van der Waals surface area contributed by atoms with Crippen molar-refractivity contribution in [2.45, 2.75) is 5.33 Å². The van der Waals surface area contributed by atoms with E-state index in [1.165, 1.54) is 5.56 Å². The van der Waals surface area contributed by atoms with Gasteiger partial charge in [-0.1, -0.05) is 52.3 Å². The van der Waals surface area contributed by atoms with Crippen molar-refractivity contribution in [2.24, 2.45) is 5.73 Å². The predicted molar refractivity (Wildman–Crippen MR) is 77.7 cm³/mol. The molecule has 18 heavy (non-hydrogen) atoms.